The van der Waals surface area contributed by atoms with Gasteiger partial charge in [-0.1, -0.05) is 0 Å². The summed E-state index contributed by atoms with van der Waals surface area (Å²) in [7, 11) is 0. The van der Waals surface area contributed by atoms with Crippen LogP contribution in [0.15, 0.2) is 0 Å². The zero-order valence-electron chi connectivity index (χ0n) is 10.6. The zero-order valence-corrected chi connectivity index (χ0v) is 12.2. The SMILES string of the molecule is Cl.Cl.NC1CCC(CN2CCCC(F)(F)C2)CC1. The molecule has 2 aliphatic rings. The molecule has 2 fully saturated rings. The molecule has 0 aromatic rings. The molecule has 6 heteroatoms. The third-order valence-corrected chi connectivity index (χ3v) is 3.88. The summed E-state index contributed by atoms with van der Waals surface area (Å²) in [5.74, 6) is -1.86. The predicted octanol–water partition coefficient (Wildman–Crippen LogP) is 3.08. The van der Waals surface area contributed by atoms with Crippen molar-refractivity contribution in [1.82, 2.24) is 4.90 Å². The molecule has 1 heterocycles. The molecule has 1 aliphatic heterocycles. The van der Waals surface area contributed by atoms with Crippen LogP contribution in [0.1, 0.15) is 38.5 Å². The van der Waals surface area contributed by atoms with Gasteiger partial charge in [0.1, 0.15) is 0 Å². The van der Waals surface area contributed by atoms with Gasteiger partial charge in [0.05, 0.1) is 6.54 Å². The Hall–Kier alpha value is 0.360. The Balaban J connectivity index is 0.00000144. The highest BCUT2D eigenvalue weighted by Gasteiger charge is 2.35. The van der Waals surface area contributed by atoms with Crippen LogP contribution in [0.5, 0.6) is 0 Å². The molecule has 2 nitrogen and oxygen atoms in total. The Labute approximate surface area is 120 Å². The second-order valence-corrected chi connectivity index (χ2v) is 5.48. The first-order valence-corrected chi connectivity index (χ1v) is 6.41. The quantitative estimate of drug-likeness (QED) is 0.849. The average molecular weight is 305 g/mol. The smallest absolute Gasteiger partial charge is 0.260 e. The molecule has 110 valence electrons. The van der Waals surface area contributed by atoms with Crippen LogP contribution < -0.4 is 5.73 Å². The highest BCUT2D eigenvalue weighted by molar-refractivity contribution is 5.85. The molecule has 1 aliphatic carbocycles. The second kappa shape index (κ2) is 7.83. The van der Waals surface area contributed by atoms with E-state index >= 15 is 0 Å². The van der Waals surface area contributed by atoms with Crippen LogP contribution in [-0.2, 0) is 0 Å². The molecular weight excluding hydrogens is 281 g/mol. The normalized spacial score (nSPS) is 32.2. The Morgan fingerprint density at radius 2 is 1.72 bits per heavy atom. The van der Waals surface area contributed by atoms with Crippen molar-refractivity contribution in [1.29, 1.82) is 0 Å². The van der Waals surface area contributed by atoms with Gasteiger partial charge in [0, 0.05) is 19.0 Å². The number of nitrogens with two attached hydrogens (primary N) is 1. The fraction of sp³-hybridized carbons (Fsp3) is 1.00. The number of nitrogens with zero attached hydrogens (tertiary/aromatic N) is 1. The van der Waals surface area contributed by atoms with Gasteiger partial charge in [0.2, 0.25) is 0 Å². The highest BCUT2D eigenvalue weighted by Crippen LogP contribution is 2.29. The summed E-state index contributed by atoms with van der Waals surface area (Å²) in [5.41, 5.74) is 5.84. The van der Waals surface area contributed by atoms with Gasteiger partial charge in [-0.3, -0.25) is 4.90 Å². The number of rotatable bonds is 2. The Kier molecular flexibility index (Phi) is 7.99. The van der Waals surface area contributed by atoms with E-state index in [9.17, 15) is 8.78 Å². The summed E-state index contributed by atoms with van der Waals surface area (Å²) in [4.78, 5) is 1.95. The first kappa shape index (κ1) is 18.4. The van der Waals surface area contributed by atoms with Crippen LogP contribution in [0, 0.1) is 5.92 Å². The van der Waals surface area contributed by atoms with Crippen molar-refractivity contribution in [3.8, 4) is 0 Å². The molecule has 0 amide bonds. The third-order valence-electron chi connectivity index (χ3n) is 3.88. The Morgan fingerprint density at radius 1 is 1.11 bits per heavy atom. The minimum atomic E-state index is -2.46. The van der Waals surface area contributed by atoms with E-state index in [1.54, 1.807) is 0 Å². The van der Waals surface area contributed by atoms with Crippen LogP contribution >= 0.6 is 24.8 Å². The Morgan fingerprint density at radius 3 is 2.28 bits per heavy atom. The van der Waals surface area contributed by atoms with Crippen molar-refractivity contribution in [3.63, 3.8) is 0 Å². The van der Waals surface area contributed by atoms with E-state index in [0.717, 1.165) is 38.8 Å². The summed E-state index contributed by atoms with van der Waals surface area (Å²) in [6.45, 7) is 1.66. The first-order valence-electron chi connectivity index (χ1n) is 6.41. The number of halogens is 4. The summed E-state index contributed by atoms with van der Waals surface area (Å²) in [5, 5.41) is 0. The standard InChI is InChI=1S/C12H22F2N2.2ClH/c13-12(14)6-1-7-16(9-12)8-10-2-4-11(15)5-3-10;;/h10-11H,1-9,15H2;2*1H. The van der Waals surface area contributed by atoms with Crippen molar-refractivity contribution >= 4 is 24.8 Å². The van der Waals surface area contributed by atoms with Gasteiger partial charge in [0.25, 0.3) is 5.92 Å². The lowest BCUT2D eigenvalue weighted by Crippen LogP contribution is -2.45. The molecule has 2 N–H and O–H groups in total. The topological polar surface area (TPSA) is 29.3 Å². The Bertz CT molecular complexity index is 234. The molecule has 18 heavy (non-hydrogen) atoms. The summed E-state index contributed by atoms with van der Waals surface area (Å²) < 4.78 is 26.4. The number of alkyl halides is 2. The van der Waals surface area contributed by atoms with E-state index in [-0.39, 0.29) is 37.8 Å². The maximum absolute atomic E-state index is 13.2. The third kappa shape index (κ3) is 5.55. The average Bonchev–Trinajstić information content (AvgIpc) is 2.20. The molecular formula is C12H24Cl2F2N2. The molecule has 0 unspecified atom stereocenters. The van der Waals surface area contributed by atoms with E-state index < -0.39 is 5.92 Å². The lowest BCUT2D eigenvalue weighted by atomic mass is 9.86. The minimum Gasteiger partial charge on any atom is -0.328 e. The monoisotopic (exact) mass is 304 g/mol. The molecule has 0 radical (unpaired) electrons. The lowest BCUT2D eigenvalue weighted by molar-refractivity contribution is -0.0680. The fourth-order valence-corrected chi connectivity index (χ4v) is 2.94. The van der Waals surface area contributed by atoms with E-state index in [2.05, 4.69) is 0 Å². The van der Waals surface area contributed by atoms with Crippen LogP contribution in [-0.4, -0.2) is 36.5 Å². The van der Waals surface area contributed by atoms with Crippen LogP contribution in [0.2, 0.25) is 0 Å². The predicted molar refractivity (Wildman–Crippen MR) is 75.1 cm³/mol. The molecule has 1 saturated carbocycles. The van der Waals surface area contributed by atoms with Gasteiger partial charge in [-0.2, -0.15) is 0 Å². The van der Waals surface area contributed by atoms with Crippen molar-refractivity contribution < 1.29 is 8.78 Å². The first-order chi connectivity index (χ1) is 7.55. The molecule has 0 atom stereocenters. The lowest BCUT2D eigenvalue weighted by Gasteiger charge is -2.36. The fourth-order valence-electron chi connectivity index (χ4n) is 2.94. The van der Waals surface area contributed by atoms with Crippen molar-refractivity contribution in [2.75, 3.05) is 19.6 Å². The molecule has 2 rings (SSSR count). The van der Waals surface area contributed by atoms with Gasteiger partial charge in [-0.15, -0.1) is 24.8 Å². The number of hydrogen-bond acceptors (Lipinski definition) is 2. The van der Waals surface area contributed by atoms with Crippen molar-refractivity contribution in [2.45, 2.75) is 50.5 Å². The largest absolute Gasteiger partial charge is 0.328 e. The van der Waals surface area contributed by atoms with Gasteiger partial charge in [-0.25, -0.2) is 8.78 Å². The summed E-state index contributed by atoms with van der Waals surface area (Å²) in [6, 6.07) is 0.346. The maximum Gasteiger partial charge on any atom is 0.260 e. The molecule has 0 aromatic heterocycles. The number of hydrogen-bond donors (Lipinski definition) is 1. The molecule has 0 bridgehead atoms. The van der Waals surface area contributed by atoms with E-state index in [1.807, 2.05) is 4.90 Å². The highest BCUT2D eigenvalue weighted by atomic mass is 35.5. The number of likely N-dealkylation sites (tertiary alicyclic amines) is 1. The van der Waals surface area contributed by atoms with Crippen molar-refractivity contribution in [3.05, 3.63) is 0 Å². The summed E-state index contributed by atoms with van der Waals surface area (Å²) >= 11 is 0. The van der Waals surface area contributed by atoms with Crippen LogP contribution in [0.3, 0.4) is 0 Å². The maximum atomic E-state index is 13.2. The van der Waals surface area contributed by atoms with Crippen LogP contribution in [0.4, 0.5) is 8.78 Å². The number of piperidine rings is 1. The van der Waals surface area contributed by atoms with Crippen LogP contribution in [0.25, 0.3) is 0 Å². The van der Waals surface area contributed by atoms with Gasteiger partial charge < -0.3 is 5.73 Å². The molecule has 0 spiro atoms. The molecule has 1 saturated heterocycles. The van der Waals surface area contributed by atoms with Crippen molar-refractivity contribution in [2.24, 2.45) is 11.7 Å². The van der Waals surface area contributed by atoms with Gasteiger partial charge in [0.15, 0.2) is 0 Å². The van der Waals surface area contributed by atoms with E-state index in [1.165, 1.54) is 0 Å². The van der Waals surface area contributed by atoms with E-state index in [4.69, 9.17) is 5.73 Å². The minimum absolute atomic E-state index is 0. The summed E-state index contributed by atoms with van der Waals surface area (Å²) in [6.07, 6.45) is 5.06. The van der Waals surface area contributed by atoms with Gasteiger partial charge >= 0.3 is 0 Å². The molecule has 0 aromatic carbocycles. The zero-order chi connectivity index (χ0) is 11.6. The van der Waals surface area contributed by atoms with Gasteiger partial charge in [-0.05, 0) is 44.6 Å². The van der Waals surface area contributed by atoms with E-state index in [0.29, 0.717) is 18.4 Å². The second-order valence-electron chi connectivity index (χ2n) is 5.48.